The van der Waals surface area contributed by atoms with E-state index in [-0.39, 0.29) is 5.91 Å². The van der Waals surface area contributed by atoms with E-state index in [0.717, 1.165) is 30.5 Å². The highest BCUT2D eigenvalue weighted by molar-refractivity contribution is 5.85. The lowest BCUT2D eigenvalue weighted by Crippen LogP contribution is -2.54. The SMILES string of the molecule is C[C@@H](NC(=O)OC(C)(C)C)C(=O)N1CCN(Cc2cccc3cccnc23)CC1. The lowest BCUT2D eigenvalue weighted by molar-refractivity contribution is -0.134. The Kier molecular flexibility index (Phi) is 6.37. The monoisotopic (exact) mass is 398 g/mol. The van der Waals surface area contributed by atoms with Gasteiger partial charge in [0, 0.05) is 44.3 Å². The Bertz CT molecular complexity index is 864. The maximum atomic E-state index is 12.7. The van der Waals surface area contributed by atoms with Gasteiger partial charge in [0.05, 0.1) is 5.52 Å². The van der Waals surface area contributed by atoms with Crippen LogP contribution in [0.1, 0.15) is 33.3 Å². The first-order chi connectivity index (χ1) is 13.7. The molecular weight excluding hydrogens is 368 g/mol. The molecule has 1 fully saturated rings. The average molecular weight is 399 g/mol. The topological polar surface area (TPSA) is 74.8 Å². The van der Waals surface area contributed by atoms with E-state index < -0.39 is 17.7 Å². The van der Waals surface area contributed by atoms with E-state index in [9.17, 15) is 9.59 Å². The number of aromatic nitrogens is 1. The summed E-state index contributed by atoms with van der Waals surface area (Å²) in [4.78, 5) is 33.2. The van der Waals surface area contributed by atoms with Crippen LogP contribution in [0.5, 0.6) is 0 Å². The number of hydrogen-bond donors (Lipinski definition) is 1. The average Bonchev–Trinajstić information content (AvgIpc) is 2.67. The normalized spacial score (nSPS) is 16.5. The Morgan fingerprint density at radius 3 is 2.52 bits per heavy atom. The molecule has 1 atom stereocenters. The quantitative estimate of drug-likeness (QED) is 0.857. The van der Waals surface area contributed by atoms with Crippen molar-refractivity contribution in [1.29, 1.82) is 0 Å². The van der Waals surface area contributed by atoms with Gasteiger partial charge in [-0.2, -0.15) is 0 Å². The van der Waals surface area contributed by atoms with Crippen molar-refractivity contribution in [2.75, 3.05) is 26.2 Å². The molecule has 0 bridgehead atoms. The van der Waals surface area contributed by atoms with Crippen molar-refractivity contribution < 1.29 is 14.3 Å². The van der Waals surface area contributed by atoms with Gasteiger partial charge in [-0.1, -0.05) is 24.3 Å². The molecule has 1 aliphatic heterocycles. The summed E-state index contributed by atoms with van der Waals surface area (Å²) < 4.78 is 5.23. The number of benzene rings is 1. The molecule has 7 heteroatoms. The summed E-state index contributed by atoms with van der Waals surface area (Å²) >= 11 is 0. The van der Waals surface area contributed by atoms with Crippen LogP contribution in [0.25, 0.3) is 10.9 Å². The van der Waals surface area contributed by atoms with Crippen LogP contribution < -0.4 is 5.32 Å². The summed E-state index contributed by atoms with van der Waals surface area (Å²) in [5.74, 6) is -0.0812. The maximum Gasteiger partial charge on any atom is 0.408 e. The third-order valence-corrected chi connectivity index (χ3v) is 4.90. The number of fused-ring (bicyclic) bond motifs is 1. The van der Waals surface area contributed by atoms with Crippen LogP contribution in [-0.4, -0.2) is 64.6 Å². The van der Waals surface area contributed by atoms with Crippen LogP contribution in [0, 0.1) is 0 Å². The van der Waals surface area contributed by atoms with Gasteiger partial charge in [0.15, 0.2) is 0 Å². The van der Waals surface area contributed by atoms with E-state index >= 15 is 0 Å². The molecule has 2 heterocycles. The Balaban J connectivity index is 1.52. The molecule has 0 unspecified atom stereocenters. The Morgan fingerprint density at radius 2 is 1.83 bits per heavy atom. The van der Waals surface area contributed by atoms with Crippen molar-refractivity contribution >= 4 is 22.9 Å². The second kappa shape index (κ2) is 8.78. The van der Waals surface area contributed by atoms with Gasteiger partial charge in [-0.05, 0) is 39.3 Å². The molecule has 29 heavy (non-hydrogen) atoms. The number of para-hydroxylation sites is 1. The zero-order valence-corrected chi connectivity index (χ0v) is 17.6. The maximum absolute atomic E-state index is 12.7. The Hall–Kier alpha value is -2.67. The van der Waals surface area contributed by atoms with Crippen LogP contribution in [0.2, 0.25) is 0 Å². The summed E-state index contributed by atoms with van der Waals surface area (Å²) in [7, 11) is 0. The lowest BCUT2D eigenvalue weighted by atomic mass is 10.1. The molecule has 7 nitrogen and oxygen atoms in total. The molecule has 0 saturated carbocycles. The lowest BCUT2D eigenvalue weighted by Gasteiger charge is -2.36. The van der Waals surface area contributed by atoms with Gasteiger partial charge in [-0.25, -0.2) is 4.79 Å². The van der Waals surface area contributed by atoms with Gasteiger partial charge < -0.3 is 15.0 Å². The molecule has 1 aromatic heterocycles. The van der Waals surface area contributed by atoms with Crippen LogP contribution >= 0.6 is 0 Å². The number of piperazine rings is 1. The van der Waals surface area contributed by atoms with Crippen molar-refractivity contribution in [3.63, 3.8) is 0 Å². The predicted octanol–water partition coefficient (Wildman–Crippen LogP) is 2.79. The van der Waals surface area contributed by atoms with E-state index in [1.54, 1.807) is 32.6 Å². The number of hydrogen-bond acceptors (Lipinski definition) is 5. The van der Waals surface area contributed by atoms with Crippen molar-refractivity contribution in [3.05, 3.63) is 42.1 Å². The van der Waals surface area contributed by atoms with Crippen molar-refractivity contribution in [2.24, 2.45) is 0 Å². The molecule has 0 spiro atoms. The van der Waals surface area contributed by atoms with Gasteiger partial charge in [0.1, 0.15) is 11.6 Å². The number of amides is 2. The molecule has 0 aliphatic carbocycles. The van der Waals surface area contributed by atoms with Gasteiger partial charge >= 0.3 is 6.09 Å². The van der Waals surface area contributed by atoms with Crippen LogP contribution in [-0.2, 0) is 16.1 Å². The largest absolute Gasteiger partial charge is 0.444 e. The van der Waals surface area contributed by atoms with E-state index in [0.29, 0.717) is 13.1 Å². The molecule has 1 N–H and O–H groups in total. The van der Waals surface area contributed by atoms with Gasteiger partial charge in [-0.3, -0.25) is 14.7 Å². The van der Waals surface area contributed by atoms with Crippen LogP contribution in [0.15, 0.2) is 36.5 Å². The summed E-state index contributed by atoms with van der Waals surface area (Å²) in [6.45, 7) is 10.7. The van der Waals surface area contributed by atoms with Crippen LogP contribution in [0.3, 0.4) is 0 Å². The van der Waals surface area contributed by atoms with Gasteiger partial charge in [0.2, 0.25) is 5.91 Å². The highest BCUT2D eigenvalue weighted by Crippen LogP contribution is 2.18. The molecule has 1 aromatic carbocycles. The number of alkyl carbamates (subject to hydrolysis) is 1. The van der Waals surface area contributed by atoms with Crippen molar-refractivity contribution in [2.45, 2.75) is 45.9 Å². The molecule has 0 radical (unpaired) electrons. The third-order valence-electron chi connectivity index (χ3n) is 4.90. The minimum Gasteiger partial charge on any atom is -0.444 e. The molecular formula is C22H30N4O3. The third kappa shape index (κ3) is 5.67. The second-order valence-corrected chi connectivity index (χ2v) is 8.46. The highest BCUT2D eigenvalue weighted by Gasteiger charge is 2.27. The number of carbonyl (C=O) groups is 2. The first-order valence-corrected chi connectivity index (χ1v) is 10.1. The fourth-order valence-corrected chi connectivity index (χ4v) is 3.48. The molecule has 2 amide bonds. The Labute approximate surface area is 172 Å². The zero-order chi connectivity index (χ0) is 21.0. The number of nitrogens with one attached hydrogen (secondary N) is 1. The number of rotatable bonds is 4. The summed E-state index contributed by atoms with van der Waals surface area (Å²) in [6, 6.07) is 9.65. The molecule has 156 valence electrons. The second-order valence-electron chi connectivity index (χ2n) is 8.46. The number of pyridine rings is 1. The van der Waals surface area contributed by atoms with Crippen molar-refractivity contribution in [3.8, 4) is 0 Å². The van der Waals surface area contributed by atoms with Gasteiger partial charge in [0.25, 0.3) is 0 Å². The Morgan fingerprint density at radius 1 is 1.14 bits per heavy atom. The summed E-state index contributed by atoms with van der Waals surface area (Å²) in [5, 5.41) is 3.77. The summed E-state index contributed by atoms with van der Waals surface area (Å²) in [5.41, 5.74) is 1.64. The van der Waals surface area contributed by atoms with E-state index in [2.05, 4.69) is 39.5 Å². The first-order valence-electron chi connectivity index (χ1n) is 10.1. The molecule has 1 aliphatic rings. The predicted molar refractivity (Wildman–Crippen MR) is 112 cm³/mol. The smallest absolute Gasteiger partial charge is 0.408 e. The van der Waals surface area contributed by atoms with Crippen LogP contribution in [0.4, 0.5) is 4.79 Å². The minimum absolute atomic E-state index is 0.0812. The minimum atomic E-state index is -0.612. The van der Waals surface area contributed by atoms with E-state index in [1.165, 1.54) is 5.56 Å². The van der Waals surface area contributed by atoms with Crippen molar-refractivity contribution in [1.82, 2.24) is 20.1 Å². The number of ether oxygens (including phenoxy) is 1. The molecule has 3 rings (SSSR count). The standard InChI is InChI=1S/C22H30N4O3/c1-16(24-21(28)29-22(2,3)4)20(27)26-13-11-25(12-14-26)15-18-8-5-7-17-9-6-10-23-19(17)18/h5-10,16H,11-15H2,1-4H3,(H,24,28)/t16-/m1/s1. The molecule has 2 aromatic rings. The summed E-state index contributed by atoms with van der Waals surface area (Å²) in [6.07, 6.45) is 1.25. The zero-order valence-electron chi connectivity index (χ0n) is 17.6. The number of nitrogens with zero attached hydrogens (tertiary/aromatic N) is 3. The highest BCUT2D eigenvalue weighted by atomic mass is 16.6. The number of carbonyl (C=O) groups excluding carboxylic acids is 2. The van der Waals surface area contributed by atoms with E-state index in [1.807, 2.05) is 12.3 Å². The fraction of sp³-hybridized carbons (Fsp3) is 0.500. The van der Waals surface area contributed by atoms with Gasteiger partial charge in [-0.15, -0.1) is 0 Å². The van der Waals surface area contributed by atoms with E-state index in [4.69, 9.17) is 4.74 Å². The first kappa shape index (κ1) is 21.0. The fourth-order valence-electron chi connectivity index (χ4n) is 3.48. The molecule has 1 saturated heterocycles.